The van der Waals surface area contributed by atoms with Crippen molar-refractivity contribution in [2.45, 2.75) is 19.9 Å². The largest absolute Gasteiger partial charge is 0.457 e. The Labute approximate surface area is 195 Å². The smallest absolute Gasteiger partial charge is 0.332 e. The molecule has 0 radical (unpaired) electrons. The summed E-state index contributed by atoms with van der Waals surface area (Å²) in [5.41, 5.74) is 2.10. The van der Waals surface area contributed by atoms with Gasteiger partial charge in [-0.1, -0.05) is 18.2 Å². The summed E-state index contributed by atoms with van der Waals surface area (Å²) in [6, 6.07) is 17.6. The number of fused-ring (bicyclic) bond motifs is 3. The summed E-state index contributed by atoms with van der Waals surface area (Å²) in [7, 11) is 3.12. The lowest BCUT2D eigenvalue weighted by molar-refractivity contribution is 0.483. The molecular weight excluding hydrogens is 432 g/mol. The molecule has 0 saturated carbocycles. The van der Waals surface area contributed by atoms with Crippen LogP contribution in [0.4, 0.5) is 5.69 Å². The van der Waals surface area contributed by atoms with Gasteiger partial charge in [-0.2, -0.15) is 4.98 Å². The topological polar surface area (TPSA) is 87.5 Å². The maximum atomic E-state index is 12.7. The number of anilines is 1. The molecular formula is C25H26N6O3. The highest BCUT2D eigenvalue weighted by molar-refractivity contribution is 5.75. The van der Waals surface area contributed by atoms with Crippen molar-refractivity contribution >= 4 is 22.6 Å². The number of hydrogen-bond acceptors (Lipinski definition) is 5. The molecule has 0 aliphatic carbocycles. The Morgan fingerprint density at radius 1 is 0.941 bits per heavy atom. The number of nitrogens with one attached hydrogen (secondary N) is 1. The average molecular weight is 459 g/mol. The summed E-state index contributed by atoms with van der Waals surface area (Å²) >= 11 is 0. The number of aromatic nitrogens is 5. The van der Waals surface area contributed by atoms with Crippen LogP contribution in [0.5, 0.6) is 11.5 Å². The van der Waals surface area contributed by atoms with Gasteiger partial charge >= 0.3 is 5.69 Å². The van der Waals surface area contributed by atoms with E-state index >= 15 is 0 Å². The van der Waals surface area contributed by atoms with Crippen molar-refractivity contribution in [2.75, 3.05) is 11.9 Å². The molecule has 3 aromatic heterocycles. The van der Waals surface area contributed by atoms with E-state index in [1.54, 1.807) is 11.4 Å². The van der Waals surface area contributed by atoms with Gasteiger partial charge < -0.3 is 14.6 Å². The molecule has 9 heteroatoms. The Bertz CT molecular complexity index is 1590. The van der Waals surface area contributed by atoms with Crippen LogP contribution >= 0.6 is 0 Å². The number of para-hydroxylation sites is 1. The molecule has 174 valence electrons. The van der Waals surface area contributed by atoms with Crippen LogP contribution in [0, 0.1) is 6.92 Å². The van der Waals surface area contributed by atoms with Crippen LogP contribution in [0.3, 0.4) is 0 Å². The lowest BCUT2D eigenvalue weighted by Gasteiger charge is -2.10. The van der Waals surface area contributed by atoms with Gasteiger partial charge in [-0.25, -0.2) is 4.79 Å². The number of benzene rings is 2. The third-order valence-corrected chi connectivity index (χ3v) is 5.98. The van der Waals surface area contributed by atoms with Crippen LogP contribution < -0.4 is 21.3 Å². The number of nitrogens with zero attached hydrogens (tertiary/aromatic N) is 5. The molecule has 0 aliphatic rings. The molecule has 0 atom stereocenters. The number of aryl methyl sites for hydroxylation is 3. The van der Waals surface area contributed by atoms with Gasteiger partial charge in [0.15, 0.2) is 11.2 Å². The van der Waals surface area contributed by atoms with Crippen molar-refractivity contribution in [3.05, 3.63) is 87.3 Å². The molecule has 0 aliphatic heterocycles. The fourth-order valence-corrected chi connectivity index (χ4v) is 4.14. The number of imidazole rings is 2. The molecule has 0 bridgehead atoms. The van der Waals surface area contributed by atoms with E-state index < -0.39 is 0 Å². The van der Waals surface area contributed by atoms with Crippen molar-refractivity contribution in [1.29, 1.82) is 0 Å². The fraction of sp³-hybridized carbons (Fsp3) is 0.240. The minimum absolute atomic E-state index is 0.343. The molecule has 5 aromatic rings. The zero-order valence-corrected chi connectivity index (χ0v) is 19.4. The molecule has 0 fully saturated rings. The zero-order valence-electron chi connectivity index (χ0n) is 19.4. The first-order chi connectivity index (χ1) is 16.4. The highest BCUT2D eigenvalue weighted by Gasteiger charge is 2.18. The Morgan fingerprint density at radius 3 is 2.38 bits per heavy atom. The first-order valence-corrected chi connectivity index (χ1v) is 11.1. The van der Waals surface area contributed by atoms with E-state index in [1.165, 1.54) is 11.6 Å². The van der Waals surface area contributed by atoms with Gasteiger partial charge in [0, 0.05) is 44.8 Å². The summed E-state index contributed by atoms with van der Waals surface area (Å²) < 4.78 is 12.2. The normalized spacial score (nSPS) is 11.4. The number of hydrogen-bond donors (Lipinski definition) is 1. The zero-order chi connectivity index (χ0) is 23.8. The molecule has 5 rings (SSSR count). The minimum atomic E-state index is -0.383. The predicted octanol–water partition coefficient (Wildman–Crippen LogP) is 3.29. The first-order valence-electron chi connectivity index (χ1n) is 11.1. The van der Waals surface area contributed by atoms with E-state index in [1.807, 2.05) is 67.7 Å². The molecule has 2 aromatic carbocycles. The highest BCUT2D eigenvalue weighted by atomic mass is 16.5. The quantitative estimate of drug-likeness (QED) is 0.378. The molecule has 0 unspecified atom stereocenters. The maximum Gasteiger partial charge on any atom is 0.332 e. The molecule has 0 saturated heterocycles. The lowest BCUT2D eigenvalue weighted by Crippen LogP contribution is -2.37. The molecule has 9 nitrogen and oxygen atoms in total. The number of rotatable bonds is 7. The Hall–Kier alpha value is -4.27. The van der Waals surface area contributed by atoms with Crippen LogP contribution in [0.2, 0.25) is 0 Å². The third-order valence-electron chi connectivity index (χ3n) is 5.98. The van der Waals surface area contributed by atoms with Crippen LogP contribution in [0.15, 0.2) is 70.4 Å². The van der Waals surface area contributed by atoms with Crippen LogP contribution in [0.25, 0.3) is 16.9 Å². The SMILES string of the molecule is Cc1cn2c3c(=O)n(C)c(=O)n(C)c3nc2n1CCCNc1ccc(Oc2ccccc2)cc1. The van der Waals surface area contributed by atoms with Crippen molar-refractivity contribution in [3.8, 4) is 11.5 Å². The Kier molecular flexibility index (Phi) is 5.45. The second-order valence-corrected chi connectivity index (χ2v) is 8.30. The van der Waals surface area contributed by atoms with Crippen LogP contribution in [-0.2, 0) is 20.6 Å². The first kappa shape index (κ1) is 21.6. The van der Waals surface area contributed by atoms with E-state index in [0.29, 0.717) is 16.9 Å². The highest BCUT2D eigenvalue weighted by Crippen LogP contribution is 2.22. The van der Waals surface area contributed by atoms with Gasteiger partial charge in [-0.15, -0.1) is 0 Å². The van der Waals surface area contributed by atoms with E-state index in [-0.39, 0.29) is 11.2 Å². The van der Waals surface area contributed by atoms with Crippen LogP contribution in [-0.4, -0.2) is 29.6 Å². The van der Waals surface area contributed by atoms with Gasteiger partial charge in [-0.05, 0) is 49.7 Å². The summed E-state index contributed by atoms with van der Waals surface area (Å²) in [6.45, 7) is 3.48. The van der Waals surface area contributed by atoms with Gasteiger partial charge in [0.2, 0.25) is 5.78 Å². The Morgan fingerprint density at radius 2 is 1.65 bits per heavy atom. The summed E-state index contributed by atoms with van der Waals surface area (Å²) in [5, 5.41) is 3.43. The van der Waals surface area contributed by atoms with Crippen molar-refractivity contribution in [1.82, 2.24) is 23.1 Å². The van der Waals surface area contributed by atoms with Gasteiger partial charge in [-0.3, -0.25) is 18.3 Å². The second-order valence-electron chi connectivity index (χ2n) is 8.30. The van der Waals surface area contributed by atoms with Crippen molar-refractivity contribution < 1.29 is 4.74 Å². The van der Waals surface area contributed by atoms with E-state index in [2.05, 4.69) is 14.9 Å². The second kappa shape index (κ2) is 8.58. The fourth-order valence-electron chi connectivity index (χ4n) is 4.14. The molecule has 34 heavy (non-hydrogen) atoms. The Balaban J connectivity index is 1.27. The van der Waals surface area contributed by atoms with Gasteiger partial charge in [0.25, 0.3) is 5.56 Å². The van der Waals surface area contributed by atoms with E-state index in [9.17, 15) is 9.59 Å². The van der Waals surface area contributed by atoms with E-state index in [4.69, 9.17) is 4.74 Å². The molecule has 0 amide bonds. The molecule has 3 heterocycles. The van der Waals surface area contributed by atoms with Crippen molar-refractivity contribution in [3.63, 3.8) is 0 Å². The van der Waals surface area contributed by atoms with Crippen LogP contribution in [0.1, 0.15) is 12.1 Å². The monoisotopic (exact) mass is 458 g/mol. The molecule has 1 N–H and O–H groups in total. The maximum absolute atomic E-state index is 12.7. The average Bonchev–Trinajstić information content (AvgIpc) is 3.36. The van der Waals surface area contributed by atoms with E-state index in [0.717, 1.165) is 47.0 Å². The minimum Gasteiger partial charge on any atom is -0.457 e. The van der Waals surface area contributed by atoms with Crippen molar-refractivity contribution in [2.24, 2.45) is 14.1 Å². The summed E-state index contributed by atoms with van der Waals surface area (Å²) in [5.74, 6) is 2.25. The van der Waals surface area contributed by atoms with Gasteiger partial charge in [0.1, 0.15) is 11.5 Å². The predicted molar refractivity (Wildman–Crippen MR) is 132 cm³/mol. The van der Waals surface area contributed by atoms with Gasteiger partial charge in [0.05, 0.1) is 0 Å². The summed E-state index contributed by atoms with van der Waals surface area (Å²) in [6.07, 6.45) is 2.75. The number of ether oxygens (including phenoxy) is 1. The third kappa shape index (κ3) is 3.75. The summed E-state index contributed by atoms with van der Waals surface area (Å²) in [4.78, 5) is 29.6. The standard InChI is InChI=1S/C25H26N6O3/c1-17-16-31-21-22(28(2)25(33)29(3)23(21)32)27-24(31)30(17)15-7-14-26-18-10-12-20(13-11-18)34-19-8-5-4-6-9-19/h4-6,8-13,16,26H,7,14-15H2,1-3H3. The molecule has 0 spiro atoms. The lowest BCUT2D eigenvalue weighted by atomic mass is 10.3.